The van der Waals surface area contributed by atoms with Crippen molar-refractivity contribution in [3.8, 4) is 12.3 Å². The zero-order valence-corrected chi connectivity index (χ0v) is 19.7. The van der Waals surface area contributed by atoms with Crippen molar-refractivity contribution >= 4 is 23.7 Å². The predicted octanol–water partition coefficient (Wildman–Crippen LogP) is 4.53. The molecule has 1 rings (SSSR count). The van der Waals surface area contributed by atoms with Gasteiger partial charge in [0.15, 0.2) is 0 Å². The summed E-state index contributed by atoms with van der Waals surface area (Å²) in [5.41, 5.74) is 10.1. The first kappa shape index (κ1) is 26.8. The molecular weight excluding hydrogens is 394 g/mol. The number of aliphatic imine (C=N–C) groups is 1. The molecule has 32 heavy (non-hydrogen) atoms. The Hall–Kier alpha value is -3.23. The first-order valence-corrected chi connectivity index (χ1v) is 11.1. The van der Waals surface area contributed by atoms with Crippen molar-refractivity contribution in [1.82, 2.24) is 10.2 Å². The minimum absolute atomic E-state index is 0.223. The topological polar surface area (TPSA) is 65.7 Å². The lowest BCUT2D eigenvalue weighted by Crippen LogP contribution is -2.29. The number of likely N-dealkylation sites (N-methyl/N-ethyl adjacent to an activating group) is 1. The van der Waals surface area contributed by atoms with Crippen molar-refractivity contribution in [2.24, 2.45) is 10.7 Å². The number of benzene rings is 1. The van der Waals surface area contributed by atoms with E-state index in [1.54, 1.807) is 6.21 Å². The van der Waals surface area contributed by atoms with E-state index < -0.39 is 0 Å². The van der Waals surface area contributed by atoms with E-state index in [2.05, 4.69) is 65.4 Å². The van der Waals surface area contributed by atoms with Crippen LogP contribution in [0.5, 0.6) is 0 Å². The molecule has 0 fully saturated rings. The molecule has 1 aromatic rings. The van der Waals surface area contributed by atoms with Crippen molar-refractivity contribution < 1.29 is 0 Å². The van der Waals surface area contributed by atoms with Gasteiger partial charge in [0.25, 0.3) is 0 Å². The number of rotatable bonds is 16. The molecule has 5 heteroatoms. The van der Waals surface area contributed by atoms with Crippen molar-refractivity contribution in [3.63, 3.8) is 0 Å². The molecule has 0 heterocycles. The lowest BCUT2D eigenvalue weighted by molar-refractivity contribution is 0.375. The van der Waals surface area contributed by atoms with Crippen LogP contribution in [-0.4, -0.2) is 50.9 Å². The minimum atomic E-state index is 0.223. The third-order valence-corrected chi connectivity index (χ3v) is 5.33. The van der Waals surface area contributed by atoms with Gasteiger partial charge in [-0.3, -0.25) is 4.99 Å². The Balaban J connectivity index is 2.86. The van der Waals surface area contributed by atoms with Gasteiger partial charge < -0.3 is 21.3 Å². The molecule has 4 N–H and O–H groups in total. The summed E-state index contributed by atoms with van der Waals surface area (Å²) in [6.45, 7) is 14.9. The highest BCUT2D eigenvalue weighted by Crippen LogP contribution is 2.31. The van der Waals surface area contributed by atoms with Crippen LogP contribution in [0.1, 0.15) is 36.8 Å². The van der Waals surface area contributed by atoms with E-state index in [1.165, 1.54) is 6.20 Å². The molecule has 0 aliphatic carbocycles. The van der Waals surface area contributed by atoms with Gasteiger partial charge in [0.1, 0.15) is 0 Å². The second kappa shape index (κ2) is 15.6. The van der Waals surface area contributed by atoms with Gasteiger partial charge >= 0.3 is 0 Å². The van der Waals surface area contributed by atoms with Crippen LogP contribution in [0.25, 0.3) is 11.8 Å². The van der Waals surface area contributed by atoms with Crippen LogP contribution in [0, 0.1) is 12.3 Å². The van der Waals surface area contributed by atoms with E-state index in [-0.39, 0.29) is 6.04 Å². The molecular formula is C27H39N5. The van der Waals surface area contributed by atoms with Gasteiger partial charge in [-0.05, 0) is 50.9 Å². The second-order valence-electron chi connectivity index (χ2n) is 7.52. The molecule has 0 radical (unpaired) electrons. The van der Waals surface area contributed by atoms with Gasteiger partial charge in [0.2, 0.25) is 0 Å². The Labute approximate surface area is 194 Å². The Morgan fingerprint density at radius 1 is 1.28 bits per heavy atom. The summed E-state index contributed by atoms with van der Waals surface area (Å²) in [5, 5.41) is 6.74. The van der Waals surface area contributed by atoms with E-state index in [9.17, 15) is 0 Å². The fourth-order valence-corrected chi connectivity index (χ4v) is 3.40. The zero-order valence-electron chi connectivity index (χ0n) is 19.7. The second-order valence-corrected chi connectivity index (χ2v) is 7.52. The fourth-order valence-electron chi connectivity index (χ4n) is 3.40. The summed E-state index contributed by atoms with van der Waals surface area (Å²) < 4.78 is 0. The van der Waals surface area contributed by atoms with Crippen LogP contribution in [0.4, 0.5) is 5.69 Å². The van der Waals surface area contributed by atoms with E-state index >= 15 is 0 Å². The van der Waals surface area contributed by atoms with Gasteiger partial charge in [0, 0.05) is 55.5 Å². The summed E-state index contributed by atoms with van der Waals surface area (Å²) in [4.78, 5) is 6.54. The Morgan fingerprint density at radius 3 is 2.69 bits per heavy atom. The van der Waals surface area contributed by atoms with Gasteiger partial charge in [-0.1, -0.05) is 43.4 Å². The van der Waals surface area contributed by atoms with Crippen LogP contribution in [0.15, 0.2) is 60.8 Å². The highest BCUT2D eigenvalue weighted by atomic mass is 15.1. The molecule has 0 aliphatic rings. The van der Waals surface area contributed by atoms with Crippen LogP contribution in [-0.2, 0) is 0 Å². The normalized spacial score (nSPS) is 12.2. The molecule has 0 aliphatic heterocycles. The number of hydrogen-bond donors (Lipinski definition) is 3. The average molecular weight is 434 g/mol. The quantitative estimate of drug-likeness (QED) is 0.155. The Kier molecular flexibility index (Phi) is 13.0. The van der Waals surface area contributed by atoms with Crippen LogP contribution >= 0.6 is 0 Å². The molecule has 0 saturated heterocycles. The first-order valence-electron chi connectivity index (χ1n) is 11.1. The van der Waals surface area contributed by atoms with E-state index in [4.69, 9.17) is 12.2 Å². The standard InChI is InChI=1S/C27H39N5/c1-7-23(20-28)21-30-18-13-19-31-26-16-12-14-24(8-2)27(26)22(4)32(6)25(9-3)15-10-11-17-29-5/h1,8-9,12,14,16,20-21,25,29,31H,2-4,10-11,13,15,17-19,28H2,5-6H3. The number of unbranched alkanes of at least 4 members (excludes halogenated alkanes) is 1. The summed E-state index contributed by atoms with van der Waals surface area (Å²) in [7, 11) is 4.07. The van der Waals surface area contributed by atoms with Crippen LogP contribution in [0.3, 0.4) is 0 Å². The van der Waals surface area contributed by atoms with Gasteiger partial charge in [-0.15, -0.1) is 13.0 Å². The smallest absolute Gasteiger partial charge is 0.0575 e. The summed E-state index contributed by atoms with van der Waals surface area (Å²) >= 11 is 0. The van der Waals surface area contributed by atoms with E-state index in [1.807, 2.05) is 25.3 Å². The van der Waals surface area contributed by atoms with Gasteiger partial charge in [0.05, 0.1) is 5.57 Å². The van der Waals surface area contributed by atoms with Crippen molar-refractivity contribution in [1.29, 1.82) is 0 Å². The number of hydrogen-bond acceptors (Lipinski definition) is 5. The number of allylic oxidation sites excluding steroid dienone is 1. The molecule has 0 amide bonds. The molecule has 0 spiro atoms. The lowest BCUT2D eigenvalue weighted by Gasteiger charge is -2.31. The molecule has 5 nitrogen and oxygen atoms in total. The molecule has 0 bridgehead atoms. The number of terminal acetylenes is 1. The Bertz CT molecular complexity index is 844. The maximum absolute atomic E-state index is 5.43. The van der Waals surface area contributed by atoms with Crippen molar-refractivity contribution in [3.05, 3.63) is 66.9 Å². The zero-order chi connectivity index (χ0) is 23.8. The monoisotopic (exact) mass is 433 g/mol. The number of nitrogens with two attached hydrogens (primary N) is 1. The highest BCUT2D eigenvalue weighted by Gasteiger charge is 2.18. The first-order chi connectivity index (χ1) is 15.5. The maximum Gasteiger partial charge on any atom is 0.0575 e. The highest BCUT2D eigenvalue weighted by molar-refractivity contribution is 5.84. The van der Waals surface area contributed by atoms with Crippen LogP contribution < -0.4 is 16.4 Å². The third kappa shape index (κ3) is 8.49. The van der Waals surface area contributed by atoms with Crippen molar-refractivity contribution in [2.75, 3.05) is 39.0 Å². The summed E-state index contributed by atoms with van der Waals surface area (Å²) in [6, 6.07) is 6.39. The van der Waals surface area contributed by atoms with Gasteiger partial charge in [-0.25, -0.2) is 0 Å². The van der Waals surface area contributed by atoms with Crippen molar-refractivity contribution in [2.45, 2.75) is 31.7 Å². The number of nitrogens with one attached hydrogen (secondary N) is 2. The molecule has 1 atom stereocenters. The summed E-state index contributed by atoms with van der Waals surface area (Å²) in [6.07, 6.45) is 16.4. The lowest BCUT2D eigenvalue weighted by atomic mass is 9.99. The molecule has 0 aromatic heterocycles. The van der Waals surface area contributed by atoms with E-state index in [0.717, 1.165) is 61.3 Å². The molecule has 0 saturated carbocycles. The Morgan fingerprint density at radius 2 is 2.06 bits per heavy atom. The average Bonchev–Trinajstić information content (AvgIpc) is 2.82. The SMILES string of the molecule is C#CC(C=NCCCNc1cccc(C=C)c1C(=C)N(C)C(C=C)CCCCNC)=CN. The third-order valence-electron chi connectivity index (χ3n) is 5.33. The molecule has 172 valence electrons. The predicted molar refractivity (Wildman–Crippen MR) is 143 cm³/mol. The van der Waals surface area contributed by atoms with E-state index in [0.29, 0.717) is 12.1 Å². The molecule has 1 aromatic carbocycles. The summed E-state index contributed by atoms with van der Waals surface area (Å²) in [5.74, 6) is 2.48. The number of nitrogens with zero attached hydrogens (tertiary/aromatic N) is 2. The van der Waals surface area contributed by atoms with Gasteiger partial charge in [-0.2, -0.15) is 0 Å². The largest absolute Gasteiger partial charge is 0.404 e. The maximum atomic E-state index is 5.43. The van der Waals surface area contributed by atoms with Crippen LogP contribution in [0.2, 0.25) is 0 Å². The molecule has 1 unspecified atom stereocenters. The minimum Gasteiger partial charge on any atom is -0.404 e. The number of anilines is 1. The fraction of sp³-hybridized carbons (Fsp3) is 0.370.